The van der Waals surface area contributed by atoms with E-state index in [-0.39, 0.29) is 5.91 Å². The zero-order valence-corrected chi connectivity index (χ0v) is 12.7. The Morgan fingerprint density at radius 3 is 2.74 bits per heavy atom. The Labute approximate surface area is 126 Å². The molecule has 2 aromatic rings. The number of anilines is 1. The molecular formula is C15H14INO2. The maximum Gasteiger partial charge on any atom is 0.255 e. The summed E-state index contributed by atoms with van der Waals surface area (Å²) >= 11 is 2.28. The van der Waals surface area contributed by atoms with Gasteiger partial charge >= 0.3 is 0 Å². The second-order valence-electron chi connectivity index (χ2n) is 4.02. The normalized spacial score (nSPS) is 10.0. The summed E-state index contributed by atoms with van der Waals surface area (Å²) in [6.07, 6.45) is 0. The molecule has 0 aliphatic heterocycles. The van der Waals surface area contributed by atoms with Crippen molar-refractivity contribution >= 4 is 34.2 Å². The number of alkyl halides is 1. The van der Waals surface area contributed by atoms with Gasteiger partial charge in [0.1, 0.15) is 5.75 Å². The molecule has 2 aromatic carbocycles. The molecular weight excluding hydrogens is 353 g/mol. The van der Waals surface area contributed by atoms with Crippen molar-refractivity contribution in [1.82, 2.24) is 0 Å². The van der Waals surface area contributed by atoms with E-state index >= 15 is 0 Å². The average molecular weight is 367 g/mol. The Kier molecular flexibility index (Phi) is 4.79. The number of carbonyl (C=O) groups is 1. The number of hydrogen-bond donors (Lipinski definition) is 1. The summed E-state index contributed by atoms with van der Waals surface area (Å²) in [5.41, 5.74) is 2.53. The van der Waals surface area contributed by atoms with Crippen LogP contribution in [-0.4, -0.2) is 13.0 Å². The summed E-state index contributed by atoms with van der Waals surface area (Å²) in [7, 11) is 1.60. The van der Waals surface area contributed by atoms with Crippen LogP contribution in [0, 0.1) is 0 Å². The van der Waals surface area contributed by atoms with Gasteiger partial charge in [-0.05, 0) is 29.8 Å². The molecule has 0 aliphatic rings. The molecule has 0 bridgehead atoms. The van der Waals surface area contributed by atoms with Gasteiger partial charge in [0.25, 0.3) is 5.91 Å². The molecule has 0 aromatic heterocycles. The first-order valence-corrected chi connectivity index (χ1v) is 7.36. The van der Waals surface area contributed by atoms with Gasteiger partial charge in [-0.2, -0.15) is 0 Å². The van der Waals surface area contributed by atoms with Crippen LogP contribution in [0.1, 0.15) is 15.9 Å². The van der Waals surface area contributed by atoms with E-state index in [1.54, 1.807) is 13.2 Å². The summed E-state index contributed by atoms with van der Waals surface area (Å²) in [6, 6.07) is 14.9. The first kappa shape index (κ1) is 13.9. The molecule has 0 spiro atoms. The zero-order valence-electron chi connectivity index (χ0n) is 10.5. The highest BCUT2D eigenvalue weighted by Crippen LogP contribution is 2.18. The molecule has 4 heteroatoms. The molecule has 0 heterocycles. The van der Waals surface area contributed by atoms with Gasteiger partial charge in [0.15, 0.2) is 0 Å². The lowest BCUT2D eigenvalue weighted by molar-refractivity contribution is 0.102. The van der Waals surface area contributed by atoms with Gasteiger partial charge in [-0.25, -0.2) is 0 Å². The van der Waals surface area contributed by atoms with Crippen LogP contribution in [0.2, 0.25) is 0 Å². The fourth-order valence-electron chi connectivity index (χ4n) is 1.70. The van der Waals surface area contributed by atoms with E-state index in [9.17, 15) is 4.79 Å². The Bertz CT molecular complexity index is 584. The van der Waals surface area contributed by atoms with E-state index < -0.39 is 0 Å². The van der Waals surface area contributed by atoms with Crippen molar-refractivity contribution in [3.05, 3.63) is 59.7 Å². The summed E-state index contributed by atoms with van der Waals surface area (Å²) in [6.45, 7) is 0. The Morgan fingerprint density at radius 2 is 2.00 bits per heavy atom. The molecule has 0 aliphatic carbocycles. The molecule has 98 valence electrons. The summed E-state index contributed by atoms with van der Waals surface area (Å²) in [4.78, 5) is 12.1. The molecule has 1 amide bonds. The van der Waals surface area contributed by atoms with Crippen LogP contribution >= 0.6 is 22.6 Å². The summed E-state index contributed by atoms with van der Waals surface area (Å²) in [5.74, 6) is 0.610. The van der Waals surface area contributed by atoms with Gasteiger partial charge in [-0.15, -0.1) is 0 Å². The molecule has 0 atom stereocenters. The zero-order chi connectivity index (χ0) is 13.7. The smallest absolute Gasteiger partial charge is 0.255 e. The summed E-state index contributed by atoms with van der Waals surface area (Å²) in [5, 5.41) is 2.86. The molecule has 19 heavy (non-hydrogen) atoms. The maximum atomic E-state index is 12.1. The number of carbonyl (C=O) groups excluding carboxylic acids is 1. The summed E-state index contributed by atoms with van der Waals surface area (Å²) < 4.78 is 6.01. The number of hydrogen-bond acceptors (Lipinski definition) is 2. The fraction of sp³-hybridized carbons (Fsp3) is 0.133. The van der Waals surface area contributed by atoms with E-state index in [0.29, 0.717) is 5.56 Å². The molecule has 0 unspecified atom stereocenters. The fourth-order valence-corrected chi connectivity index (χ4v) is 2.17. The first-order valence-electron chi connectivity index (χ1n) is 5.83. The molecule has 0 fully saturated rings. The predicted octanol–water partition coefficient (Wildman–Crippen LogP) is 3.88. The number of halogens is 1. The van der Waals surface area contributed by atoms with Crippen molar-refractivity contribution in [2.75, 3.05) is 12.4 Å². The largest absolute Gasteiger partial charge is 0.497 e. The number of benzene rings is 2. The van der Waals surface area contributed by atoms with Crippen LogP contribution in [0.25, 0.3) is 0 Å². The van der Waals surface area contributed by atoms with Crippen molar-refractivity contribution in [2.24, 2.45) is 0 Å². The van der Waals surface area contributed by atoms with Crippen molar-refractivity contribution in [1.29, 1.82) is 0 Å². The lowest BCUT2D eigenvalue weighted by atomic mass is 10.1. The van der Waals surface area contributed by atoms with E-state index in [0.717, 1.165) is 21.4 Å². The first-order chi connectivity index (χ1) is 9.22. The van der Waals surface area contributed by atoms with E-state index in [1.807, 2.05) is 42.5 Å². The third-order valence-electron chi connectivity index (χ3n) is 2.67. The van der Waals surface area contributed by atoms with Crippen LogP contribution in [-0.2, 0) is 4.43 Å². The number of nitrogens with one attached hydrogen (secondary N) is 1. The van der Waals surface area contributed by atoms with E-state index in [4.69, 9.17) is 4.74 Å². The van der Waals surface area contributed by atoms with Crippen LogP contribution in [0.5, 0.6) is 5.75 Å². The molecule has 0 saturated heterocycles. The number of rotatable bonds is 4. The van der Waals surface area contributed by atoms with Gasteiger partial charge in [-0.1, -0.05) is 40.8 Å². The highest BCUT2D eigenvalue weighted by Gasteiger charge is 2.07. The lowest BCUT2D eigenvalue weighted by Crippen LogP contribution is -2.12. The quantitative estimate of drug-likeness (QED) is 0.658. The van der Waals surface area contributed by atoms with Crippen molar-refractivity contribution in [3.63, 3.8) is 0 Å². The van der Waals surface area contributed by atoms with Gasteiger partial charge in [-0.3, -0.25) is 4.79 Å². The van der Waals surface area contributed by atoms with Gasteiger partial charge in [0, 0.05) is 21.7 Å². The lowest BCUT2D eigenvalue weighted by Gasteiger charge is -2.07. The van der Waals surface area contributed by atoms with Crippen LogP contribution in [0.3, 0.4) is 0 Å². The molecule has 1 N–H and O–H groups in total. The number of methoxy groups -OCH3 is 1. The Hall–Kier alpha value is -1.56. The van der Waals surface area contributed by atoms with Crippen LogP contribution in [0.4, 0.5) is 5.69 Å². The number of amides is 1. The van der Waals surface area contributed by atoms with E-state index in [1.165, 1.54) is 0 Å². The Morgan fingerprint density at radius 1 is 1.21 bits per heavy atom. The van der Waals surface area contributed by atoms with E-state index in [2.05, 4.69) is 27.9 Å². The van der Waals surface area contributed by atoms with Crippen LogP contribution < -0.4 is 10.1 Å². The third kappa shape index (κ3) is 3.70. The minimum Gasteiger partial charge on any atom is -0.497 e. The number of ether oxygens (including phenoxy) is 1. The van der Waals surface area contributed by atoms with Crippen molar-refractivity contribution in [2.45, 2.75) is 4.43 Å². The maximum absolute atomic E-state index is 12.1. The standard InChI is InChI=1S/C15H14INO2/c1-19-14-7-3-6-13(9-14)17-15(18)12-5-2-4-11(8-12)10-16/h2-9H,10H2,1H3,(H,17,18). The molecule has 0 saturated carbocycles. The molecule has 2 rings (SSSR count). The van der Waals surface area contributed by atoms with Crippen LogP contribution in [0.15, 0.2) is 48.5 Å². The SMILES string of the molecule is COc1cccc(NC(=O)c2cccc(CI)c2)c1. The van der Waals surface area contributed by atoms with Gasteiger partial charge in [0.05, 0.1) is 7.11 Å². The topological polar surface area (TPSA) is 38.3 Å². The molecule has 3 nitrogen and oxygen atoms in total. The molecule has 0 radical (unpaired) electrons. The minimum absolute atomic E-state index is 0.111. The minimum atomic E-state index is -0.111. The van der Waals surface area contributed by atoms with Gasteiger partial charge < -0.3 is 10.1 Å². The predicted molar refractivity (Wildman–Crippen MR) is 85.1 cm³/mol. The third-order valence-corrected chi connectivity index (χ3v) is 3.55. The second kappa shape index (κ2) is 6.56. The van der Waals surface area contributed by atoms with Crippen molar-refractivity contribution < 1.29 is 9.53 Å². The Balaban J connectivity index is 2.15. The average Bonchev–Trinajstić information content (AvgIpc) is 2.47. The highest BCUT2D eigenvalue weighted by molar-refractivity contribution is 14.1. The van der Waals surface area contributed by atoms with Gasteiger partial charge in [0.2, 0.25) is 0 Å². The van der Waals surface area contributed by atoms with Crippen molar-refractivity contribution in [3.8, 4) is 5.75 Å². The monoisotopic (exact) mass is 367 g/mol. The second-order valence-corrected chi connectivity index (χ2v) is 4.78. The highest BCUT2D eigenvalue weighted by atomic mass is 127.